The minimum Gasteiger partial charge on any atom is -0.480 e. The third-order valence-corrected chi connectivity index (χ3v) is 4.36. The van der Waals surface area contributed by atoms with Crippen molar-refractivity contribution >= 4 is 22.6 Å². The number of carbonyl (C=O) groups excluding carboxylic acids is 1. The van der Waals surface area contributed by atoms with Crippen LogP contribution >= 0.6 is 0 Å². The summed E-state index contributed by atoms with van der Waals surface area (Å²) in [6.45, 7) is 0. The van der Waals surface area contributed by atoms with Crippen LogP contribution in [0.5, 0.6) is 0 Å². The minimum absolute atomic E-state index is 0.135. The van der Waals surface area contributed by atoms with Crippen molar-refractivity contribution in [3.05, 3.63) is 83.4 Å². The van der Waals surface area contributed by atoms with Crippen molar-refractivity contribution < 1.29 is 27.9 Å². The van der Waals surface area contributed by atoms with Gasteiger partial charge >= 0.3 is 12.1 Å². The van der Waals surface area contributed by atoms with Crippen LogP contribution in [0.1, 0.15) is 21.5 Å². The van der Waals surface area contributed by atoms with Gasteiger partial charge in [0.15, 0.2) is 0 Å². The Bertz CT molecular complexity index is 1010. The van der Waals surface area contributed by atoms with E-state index < -0.39 is 29.7 Å². The molecule has 0 aliphatic rings. The lowest BCUT2D eigenvalue weighted by molar-refractivity contribution is -0.139. The van der Waals surface area contributed by atoms with Crippen LogP contribution in [0.15, 0.2) is 66.7 Å². The van der Waals surface area contributed by atoms with Crippen molar-refractivity contribution in [3.8, 4) is 0 Å². The Kier molecular flexibility index (Phi) is 5.35. The number of hydrogen-bond donors (Lipinski definition) is 2. The number of alkyl halides is 3. The second-order valence-electron chi connectivity index (χ2n) is 6.29. The lowest BCUT2D eigenvalue weighted by atomic mass is 10.0. The summed E-state index contributed by atoms with van der Waals surface area (Å²) in [5, 5.41) is 13.4. The zero-order chi connectivity index (χ0) is 20.3. The number of rotatable bonds is 5. The van der Waals surface area contributed by atoms with Crippen molar-refractivity contribution in [2.75, 3.05) is 0 Å². The number of carboxylic acid groups (broad SMARTS) is 1. The van der Waals surface area contributed by atoms with Crippen LogP contribution in [0.25, 0.3) is 10.8 Å². The Morgan fingerprint density at radius 2 is 1.57 bits per heavy atom. The molecular weight excluding hydrogens is 371 g/mol. The maximum Gasteiger partial charge on any atom is 0.416 e. The summed E-state index contributed by atoms with van der Waals surface area (Å²) in [5.74, 6) is -1.83. The molecule has 0 unspecified atom stereocenters. The van der Waals surface area contributed by atoms with E-state index in [1.165, 1.54) is 12.1 Å². The maximum atomic E-state index is 12.6. The second kappa shape index (κ2) is 7.72. The van der Waals surface area contributed by atoms with E-state index in [9.17, 15) is 27.9 Å². The molecule has 0 saturated carbocycles. The number of carbonyl (C=O) groups is 2. The predicted octanol–water partition coefficient (Wildman–Crippen LogP) is 4.28. The van der Waals surface area contributed by atoms with E-state index in [1.807, 2.05) is 18.2 Å². The largest absolute Gasteiger partial charge is 0.480 e. The van der Waals surface area contributed by atoms with Gasteiger partial charge in [0.05, 0.1) is 5.56 Å². The van der Waals surface area contributed by atoms with Gasteiger partial charge in [-0.1, -0.05) is 48.5 Å². The minimum atomic E-state index is -4.46. The number of benzene rings is 3. The lowest BCUT2D eigenvalue weighted by Crippen LogP contribution is -2.42. The van der Waals surface area contributed by atoms with Crippen LogP contribution in [-0.2, 0) is 17.4 Å². The molecule has 3 rings (SSSR count). The Labute approximate surface area is 158 Å². The number of nitrogens with one attached hydrogen (secondary N) is 1. The highest BCUT2D eigenvalue weighted by molar-refractivity contribution is 6.07. The molecule has 2 N–H and O–H groups in total. The molecule has 0 fully saturated rings. The van der Waals surface area contributed by atoms with E-state index in [4.69, 9.17) is 0 Å². The van der Waals surface area contributed by atoms with Crippen LogP contribution in [0.3, 0.4) is 0 Å². The highest BCUT2D eigenvalue weighted by Gasteiger charge is 2.30. The number of halogens is 3. The summed E-state index contributed by atoms with van der Waals surface area (Å²) >= 11 is 0. The number of amides is 1. The fourth-order valence-corrected chi connectivity index (χ4v) is 2.92. The third kappa shape index (κ3) is 4.31. The van der Waals surface area contributed by atoms with Gasteiger partial charge in [-0.2, -0.15) is 13.2 Å². The molecule has 0 aliphatic heterocycles. The molecule has 3 aromatic rings. The molecule has 0 radical (unpaired) electrons. The zero-order valence-electron chi connectivity index (χ0n) is 14.5. The van der Waals surface area contributed by atoms with Crippen LogP contribution in [0.2, 0.25) is 0 Å². The van der Waals surface area contributed by atoms with Crippen molar-refractivity contribution in [1.82, 2.24) is 5.32 Å². The molecule has 7 heteroatoms. The molecule has 0 saturated heterocycles. The van der Waals surface area contributed by atoms with Crippen LogP contribution < -0.4 is 5.32 Å². The predicted molar refractivity (Wildman–Crippen MR) is 98.0 cm³/mol. The van der Waals surface area contributed by atoms with E-state index in [0.717, 1.165) is 17.5 Å². The average molecular weight is 387 g/mol. The summed E-state index contributed by atoms with van der Waals surface area (Å²) < 4.78 is 37.9. The first-order valence-corrected chi connectivity index (χ1v) is 8.43. The Hall–Kier alpha value is -3.35. The van der Waals surface area contributed by atoms with Crippen LogP contribution in [-0.4, -0.2) is 23.0 Å². The second-order valence-corrected chi connectivity index (χ2v) is 6.29. The number of fused-ring (bicyclic) bond motifs is 1. The van der Waals surface area contributed by atoms with E-state index in [0.29, 0.717) is 16.5 Å². The van der Waals surface area contributed by atoms with E-state index in [1.54, 1.807) is 24.3 Å². The fourth-order valence-electron chi connectivity index (χ4n) is 2.92. The maximum absolute atomic E-state index is 12.6. The standard InChI is InChI=1S/C21H16F3NO3/c22-21(23,24)15-10-8-13(9-11-15)12-18(20(27)28)25-19(26)17-7-3-5-14-4-1-2-6-16(14)17/h1-11,18H,12H2,(H,25,26)(H,27,28)/t18-/m1/s1. The number of hydrogen-bond acceptors (Lipinski definition) is 2. The van der Waals surface area contributed by atoms with Gasteiger partial charge in [0.1, 0.15) is 6.04 Å². The smallest absolute Gasteiger partial charge is 0.416 e. The highest BCUT2D eigenvalue weighted by Crippen LogP contribution is 2.29. The molecule has 4 nitrogen and oxygen atoms in total. The third-order valence-electron chi connectivity index (χ3n) is 4.36. The van der Waals surface area contributed by atoms with Gasteiger partial charge in [-0.05, 0) is 34.5 Å². The van der Waals surface area contributed by atoms with Gasteiger partial charge in [-0.3, -0.25) is 4.79 Å². The van der Waals surface area contributed by atoms with Crippen molar-refractivity contribution in [2.45, 2.75) is 18.6 Å². The monoisotopic (exact) mass is 387 g/mol. The van der Waals surface area contributed by atoms with Gasteiger partial charge in [-0.25, -0.2) is 4.79 Å². The normalized spacial score (nSPS) is 12.5. The van der Waals surface area contributed by atoms with Gasteiger partial charge in [0.25, 0.3) is 5.91 Å². The Morgan fingerprint density at radius 1 is 0.929 bits per heavy atom. The SMILES string of the molecule is O=C(N[C@H](Cc1ccc(C(F)(F)F)cc1)C(=O)O)c1cccc2ccccc12. The molecule has 0 aromatic heterocycles. The fraction of sp³-hybridized carbons (Fsp3) is 0.143. The molecule has 0 spiro atoms. The molecule has 1 amide bonds. The number of carboxylic acids is 1. The van der Waals surface area contributed by atoms with Crippen LogP contribution in [0.4, 0.5) is 13.2 Å². The van der Waals surface area contributed by atoms with Crippen molar-refractivity contribution in [3.63, 3.8) is 0 Å². The van der Waals surface area contributed by atoms with Gasteiger partial charge < -0.3 is 10.4 Å². The van der Waals surface area contributed by atoms with Crippen molar-refractivity contribution in [1.29, 1.82) is 0 Å². The molecule has 0 aliphatic carbocycles. The molecule has 144 valence electrons. The molecule has 0 heterocycles. The average Bonchev–Trinajstić information content (AvgIpc) is 2.66. The first kappa shape index (κ1) is 19.4. The van der Waals surface area contributed by atoms with Gasteiger partial charge in [0.2, 0.25) is 0 Å². The molecule has 3 aromatic carbocycles. The first-order valence-electron chi connectivity index (χ1n) is 8.43. The van der Waals surface area contributed by atoms with Gasteiger partial charge in [-0.15, -0.1) is 0 Å². The van der Waals surface area contributed by atoms with Crippen molar-refractivity contribution in [2.24, 2.45) is 0 Å². The van der Waals surface area contributed by atoms with Crippen LogP contribution in [0, 0.1) is 0 Å². The number of aliphatic carboxylic acids is 1. The molecule has 1 atom stereocenters. The lowest BCUT2D eigenvalue weighted by Gasteiger charge is -2.16. The zero-order valence-corrected chi connectivity index (χ0v) is 14.5. The Morgan fingerprint density at radius 3 is 2.21 bits per heavy atom. The van der Waals surface area contributed by atoms with E-state index in [2.05, 4.69) is 5.32 Å². The van der Waals surface area contributed by atoms with Gasteiger partial charge in [0, 0.05) is 12.0 Å². The van der Waals surface area contributed by atoms with E-state index in [-0.39, 0.29) is 6.42 Å². The molecule has 28 heavy (non-hydrogen) atoms. The van der Waals surface area contributed by atoms with E-state index >= 15 is 0 Å². The summed E-state index contributed by atoms with van der Waals surface area (Å²) in [6.07, 6.45) is -4.60. The summed E-state index contributed by atoms with van der Waals surface area (Å²) in [4.78, 5) is 24.2. The topological polar surface area (TPSA) is 66.4 Å². The Balaban J connectivity index is 1.79. The quantitative estimate of drug-likeness (QED) is 0.687. The molecular formula is C21H16F3NO3. The summed E-state index contributed by atoms with van der Waals surface area (Å²) in [6, 6.07) is 15.3. The first-order chi connectivity index (χ1) is 13.3. The summed E-state index contributed by atoms with van der Waals surface area (Å²) in [5.41, 5.74) is -0.113. The molecule has 0 bridgehead atoms. The summed E-state index contributed by atoms with van der Waals surface area (Å²) in [7, 11) is 0. The highest BCUT2D eigenvalue weighted by atomic mass is 19.4.